The summed E-state index contributed by atoms with van der Waals surface area (Å²) in [5, 5.41) is 0.537. The Labute approximate surface area is 237 Å². The molecule has 1 aliphatic rings. The first kappa shape index (κ1) is 28.3. The molecule has 4 aromatic rings. The Hall–Kier alpha value is -4.24. The van der Waals surface area contributed by atoms with Crippen LogP contribution < -0.4 is 4.74 Å². The molecule has 1 heterocycles. The van der Waals surface area contributed by atoms with E-state index < -0.39 is 35.9 Å². The van der Waals surface area contributed by atoms with Gasteiger partial charge >= 0.3 is 12.3 Å². The lowest BCUT2D eigenvalue weighted by molar-refractivity contribution is -0.274. The average Bonchev–Trinajstić information content (AvgIpc) is 3.37. The van der Waals surface area contributed by atoms with E-state index in [-0.39, 0.29) is 30.1 Å². The Balaban J connectivity index is 1.40. The molecule has 0 saturated heterocycles. The standard InChI is InChI=1S/C31H21ClF5NO3/c32-22-12-4-18(5-13-22)17-40-30(39)24-16-27(28-25(33)2-1-3-26(28)34)38-29(24)21-8-6-19(7-9-21)20-10-14-23(15-11-20)41-31(35,36)37/h1-15,24,29H,16-17H2/t24-,29?/m0/s1. The molecule has 0 spiro atoms. The molecule has 4 aromatic carbocycles. The molecule has 210 valence electrons. The van der Waals surface area contributed by atoms with Crippen LogP contribution in [0.25, 0.3) is 11.1 Å². The molecule has 0 bridgehead atoms. The zero-order valence-electron chi connectivity index (χ0n) is 21.2. The van der Waals surface area contributed by atoms with E-state index in [1.807, 2.05) is 0 Å². The Morgan fingerprint density at radius 1 is 0.854 bits per heavy atom. The van der Waals surface area contributed by atoms with E-state index >= 15 is 0 Å². The number of nitrogens with zero attached hydrogens (tertiary/aromatic N) is 1. The number of carbonyl (C=O) groups is 1. The van der Waals surface area contributed by atoms with Gasteiger partial charge in [-0.05, 0) is 58.7 Å². The van der Waals surface area contributed by atoms with Gasteiger partial charge in [0.1, 0.15) is 24.0 Å². The topological polar surface area (TPSA) is 47.9 Å². The zero-order valence-corrected chi connectivity index (χ0v) is 21.9. The fraction of sp³-hybridized carbons (Fsp3) is 0.161. The largest absolute Gasteiger partial charge is 0.573 e. The molecule has 0 radical (unpaired) electrons. The van der Waals surface area contributed by atoms with Crippen LogP contribution in [0.4, 0.5) is 22.0 Å². The van der Waals surface area contributed by atoms with E-state index in [4.69, 9.17) is 16.3 Å². The summed E-state index contributed by atoms with van der Waals surface area (Å²) in [4.78, 5) is 17.8. The smallest absolute Gasteiger partial charge is 0.461 e. The van der Waals surface area contributed by atoms with Crippen LogP contribution in [0.5, 0.6) is 5.75 Å². The summed E-state index contributed by atoms with van der Waals surface area (Å²) in [6.07, 6.45) is -4.83. The van der Waals surface area contributed by atoms with Crippen LogP contribution in [0.15, 0.2) is 96.0 Å². The van der Waals surface area contributed by atoms with E-state index in [1.165, 1.54) is 30.3 Å². The molecule has 0 fully saturated rings. The van der Waals surface area contributed by atoms with E-state index in [0.29, 0.717) is 21.7 Å². The van der Waals surface area contributed by atoms with Gasteiger partial charge in [0.05, 0.1) is 17.5 Å². The molecule has 5 rings (SSSR count). The van der Waals surface area contributed by atoms with Crippen LogP contribution >= 0.6 is 11.6 Å². The number of alkyl halides is 3. The summed E-state index contributed by atoms with van der Waals surface area (Å²) in [7, 11) is 0. The average molecular weight is 586 g/mol. The molecular formula is C31H21ClF5NO3. The lowest BCUT2D eigenvalue weighted by atomic mass is 9.90. The SMILES string of the molecule is O=C(OCc1ccc(Cl)cc1)[C@H]1CC(c2c(F)cccc2F)=NC1c1ccc(-c2ccc(OC(F)(F)F)cc2)cc1. The predicted molar refractivity (Wildman–Crippen MR) is 144 cm³/mol. The molecular weight excluding hydrogens is 565 g/mol. The lowest BCUT2D eigenvalue weighted by Crippen LogP contribution is -2.22. The first-order chi connectivity index (χ1) is 19.6. The summed E-state index contributed by atoms with van der Waals surface area (Å²) in [6, 6.07) is 21.8. The van der Waals surface area contributed by atoms with Gasteiger partial charge in [0.2, 0.25) is 0 Å². The molecule has 0 amide bonds. The van der Waals surface area contributed by atoms with Gasteiger partial charge in [-0.1, -0.05) is 66.2 Å². The summed E-state index contributed by atoms with van der Waals surface area (Å²) in [5.74, 6) is -3.34. The Morgan fingerprint density at radius 2 is 1.44 bits per heavy atom. The van der Waals surface area contributed by atoms with Gasteiger partial charge in [-0.25, -0.2) is 8.78 Å². The van der Waals surface area contributed by atoms with Gasteiger partial charge in [0.25, 0.3) is 0 Å². The number of rotatable bonds is 7. The molecule has 2 atom stereocenters. The molecule has 1 unspecified atom stereocenters. The van der Waals surface area contributed by atoms with Crippen molar-refractivity contribution in [3.8, 4) is 16.9 Å². The number of hydrogen-bond donors (Lipinski definition) is 0. The van der Waals surface area contributed by atoms with Crippen LogP contribution in [-0.4, -0.2) is 18.0 Å². The van der Waals surface area contributed by atoms with Gasteiger partial charge in [-0.15, -0.1) is 13.2 Å². The third-order valence-electron chi connectivity index (χ3n) is 6.61. The molecule has 0 aliphatic carbocycles. The predicted octanol–water partition coefficient (Wildman–Crippen LogP) is 8.48. The molecule has 0 saturated carbocycles. The van der Waals surface area contributed by atoms with Crippen LogP contribution in [0.1, 0.15) is 29.2 Å². The van der Waals surface area contributed by atoms with Crippen LogP contribution in [0.3, 0.4) is 0 Å². The third-order valence-corrected chi connectivity index (χ3v) is 6.86. The van der Waals surface area contributed by atoms with Crippen molar-refractivity contribution in [1.29, 1.82) is 0 Å². The number of halogens is 6. The normalized spacial score (nSPS) is 16.8. The minimum atomic E-state index is -4.79. The number of carbonyl (C=O) groups excluding carboxylic acids is 1. The van der Waals surface area contributed by atoms with Gasteiger partial charge in [0.15, 0.2) is 0 Å². The van der Waals surface area contributed by atoms with Crippen molar-refractivity contribution in [3.63, 3.8) is 0 Å². The van der Waals surface area contributed by atoms with Crippen LogP contribution in [-0.2, 0) is 16.1 Å². The summed E-state index contributed by atoms with van der Waals surface area (Å²) in [5.41, 5.74) is 2.47. The molecule has 41 heavy (non-hydrogen) atoms. The quantitative estimate of drug-likeness (QED) is 0.161. The maximum absolute atomic E-state index is 14.6. The highest BCUT2D eigenvalue weighted by Crippen LogP contribution is 2.39. The van der Waals surface area contributed by atoms with Crippen molar-refractivity contribution >= 4 is 23.3 Å². The van der Waals surface area contributed by atoms with Gasteiger partial charge in [-0.3, -0.25) is 9.79 Å². The van der Waals surface area contributed by atoms with Crippen molar-refractivity contribution < 1.29 is 36.2 Å². The minimum Gasteiger partial charge on any atom is -0.461 e. The summed E-state index contributed by atoms with van der Waals surface area (Å²) in [6.45, 7) is -0.0183. The molecule has 0 N–H and O–H groups in total. The van der Waals surface area contributed by atoms with Crippen LogP contribution in [0, 0.1) is 17.6 Å². The number of esters is 1. The van der Waals surface area contributed by atoms with Gasteiger partial charge in [-0.2, -0.15) is 0 Å². The second-order valence-corrected chi connectivity index (χ2v) is 9.79. The second-order valence-electron chi connectivity index (χ2n) is 9.36. The van der Waals surface area contributed by atoms with Crippen molar-refractivity contribution in [2.24, 2.45) is 10.9 Å². The van der Waals surface area contributed by atoms with Crippen molar-refractivity contribution in [2.75, 3.05) is 0 Å². The Kier molecular flexibility index (Phi) is 8.08. The maximum Gasteiger partial charge on any atom is 0.573 e. The monoisotopic (exact) mass is 585 g/mol. The molecule has 10 heteroatoms. The van der Waals surface area contributed by atoms with Crippen molar-refractivity contribution in [2.45, 2.75) is 25.4 Å². The highest BCUT2D eigenvalue weighted by atomic mass is 35.5. The number of aliphatic imine (C=N–C) groups is 1. The molecule has 1 aliphatic heterocycles. The minimum absolute atomic E-state index is 0.0183. The fourth-order valence-corrected chi connectivity index (χ4v) is 4.78. The van der Waals surface area contributed by atoms with Crippen molar-refractivity contribution in [1.82, 2.24) is 0 Å². The van der Waals surface area contributed by atoms with Crippen LogP contribution in [0.2, 0.25) is 5.02 Å². The van der Waals surface area contributed by atoms with E-state index in [1.54, 1.807) is 48.5 Å². The third kappa shape index (κ3) is 6.74. The van der Waals surface area contributed by atoms with Gasteiger partial charge < -0.3 is 9.47 Å². The van der Waals surface area contributed by atoms with Gasteiger partial charge in [0, 0.05) is 17.2 Å². The Morgan fingerprint density at radius 3 is 2.02 bits per heavy atom. The van der Waals surface area contributed by atoms with E-state index in [2.05, 4.69) is 9.73 Å². The zero-order chi connectivity index (χ0) is 29.1. The number of benzene rings is 4. The fourth-order valence-electron chi connectivity index (χ4n) is 4.65. The second kappa shape index (κ2) is 11.7. The lowest BCUT2D eigenvalue weighted by Gasteiger charge is -2.18. The number of ether oxygens (including phenoxy) is 2. The summed E-state index contributed by atoms with van der Waals surface area (Å²) < 4.78 is 76.1. The van der Waals surface area contributed by atoms with Crippen molar-refractivity contribution in [3.05, 3.63) is 124 Å². The highest BCUT2D eigenvalue weighted by Gasteiger charge is 2.39. The van der Waals surface area contributed by atoms with E-state index in [9.17, 15) is 26.7 Å². The first-order valence-electron chi connectivity index (χ1n) is 12.5. The number of hydrogen-bond acceptors (Lipinski definition) is 4. The Bertz CT molecular complexity index is 1550. The maximum atomic E-state index is 14.6. The molecule has 0 aromatic heterocycles. The highest BCUT2D eigenvalue weighted by molar-refractivity contribution is 6.30. The first-order valence-corrected chi connectivity index (χ1v) is 12.8. The summed E-state index contributed by atoms with van der Waals surface area (Å²) >= 11 is 5.91. The van der Waals surface area contributed by atoms with E-state index in [0.717, 1.165) is 17.7 Å². The molecule has 4 nitrogen and oxygen atoms in total.